The molecule has 4 aliphatic rings. The summed E-state index contributed by atoms with van der Waals surface area (Å²) in [4.78, 5) is 12.7. The Kier molecular flexibility index (Phi) is 6.49. The van der Waals surface area contributed by atoms with Gasteiger partial charge >= 0.3 is 5.97 Å². The van der Waals surface area contributed by atoms with Gasteiger partial charge in [-0.05, 0) is 56.3 Å². The molecule has 4 bridgehead atoms. The lowest BCUT2D eigenvalue weighted by Gasteiger charge is -2.57. The van der Waals surface area contributed by atoms with Gasteiger partial charge < -0.3 is 15.1 Å². The molecular formula is C18H28FO6S-. The number of hydrogen-bond donors (Lipinski definition) is 1. The summed E-state index contributed by atoms with van der Waals surface area (Å²) < 4.78 is 25.2. The van der Waals surface area contributed by atoms with Gasteiger partial charge in [-0.25, -0.2) is 9.18 Å². The number of unbranched alkanes of at least 4 members (excludes halogenated alkanes) is 3. The standard InChI is InChI=1S/C18H29FO6S/c1-2-3-4-5-6-18(19,26-25-24-22)16(21)23-17-9-12-7-13(10-17)15(20)14(8-12)11-17/h12-15,20,22H,2-11H2,1H3/p-1. The number of aliphatic hydroxyl groups excluding tert-OH is 1. The zero-order valence-electron chi connectivity index (χ0n) is 15.2. The fourth-order valence-electron chi connectivity index (χ4n) is 5.35. The minimum atomic E-state index is -2.46. The van der Waals surface area contributed by atoms with Crippen LogP contribution in [-0.4, -0.2) is 27.8 Å². The third kappa shape index (κ3) is 4.19. The predicted octanol–water partition coefficient (Wildman–Crippen LogP) is 2.98. The van der Waals surface area contributed by atoms with Crippen LogP contribution in [0.3, 0.4) is 0 Å². The van der Waals surface area contributed by atoms with Gasteiger partial charge in [0.1, 0.15) is 5.60 Å². The van der Waals surface area contributed by atoms with Gasteiger partial charge in [0.25, 0.3) is 5.00 Å². The molecule has 6 nitrogen and oxygen atoms in total. The molecule has 0 spiro atoms. The van der Waals surface area contributed by atoms with E-state index in [0.29, 0.717) is 25.2 Å². The first-order valence-electron chi connectivity index (χ1n) is 9.66. The summed E-state index contributed by atoms with van der Waals surface area (Å²) in [6.45, 7) is 2.04. The van der Waals surface area contributed by atoms with E-state index in [1.807, 2.05) is 6.92 Å². The number of aliphatic hydroxyl groups is 1. The summed E-state index contributed by atoms with van der Waals surface area (Å²) in [7, 11) is 0. The predicted molar refractivity (Wildman–Crippen MR) is 90.7 cm³/mol. The summed E-state index contributed by atoms with van der Waals surface area (Å²) in [5.41, 5.74) is -0.688. The van der Waals surface area contributed by atoms with E-state index in [-0.39, 0.29) is 36.4 Å². The molecule has 4 fully saturated rings. The van der Waals surface area contributed by atoms with E-state index in [1.54, 1.807) is 0 Å². The normalized spacial score (nSPS) is 37.5. The molecule has 0 aromatic carbocycles. The smallest absolute Gasteiger partial charge is 0.357 e. The van der Waals surface area contributed by atoms with Gasteiger partial charge in [0, 0.05) is 6.42 Å². The first-order chi connectivity index (χ1) is 12.4. The summed E-state index contributed by atoms with van der Waals surface area (Å²) in [5, 5.41) is 21.3. The zero-order valence-corrected chi connectivity index (χ0v) is 16.0. The first kappa shape index (κ1) is 20.3. The molecule has 0 heterocycles. The molecule has 0 aliphatic heterocycles. The second-order valence-electron chi connectivity index (χ2n) is 8.29. The highest BCUT2D eigenvalue weighted by Gasteiger charge is 2.58. The summed E-state index contributed by atoms with van der Waals surface area (Å²) in [6, 6.07) is 0. The average Bonchev–Trinajstić information content (AvgIpc) is 2.60. The number of rotatable bonds is 10. The number of ether oxygens (including phenoxy) is 1. The van der Waals surface area contributed by atoms with Crippen molar-refractivity contribution in [3.8, 4) is 0 Å². The maximum atomic E-state index is 15.3. The molecule has 4 rings (SSSR count). The quantitative estimate of drug-likeness (QED) is 0.201. The van der Waals surface area contributed by atoms with Gasteiger partial charge in [0.05, 0.1) is 18.1 Å². The van der Waals surface area contributed by atoms with E-state index in [4.69, 9.17) is 4.74 Å². The van der Waals surface area contributed by atoms with Gasteiger partial charge in [-0.3, -0.25) is 5.04 Å². The van der Waals surface area contributed by atoms with Crippen LogP contribution in [0.15, 0.2) is 0 Å². The maximum Gasteiger partial charge on any atom is 0.357 e. The van der Waals surface area contributed by atoms with Gasteiger partial charge in [-0.1, -0.05) is 26.2 Å². The third-order valence-corrected chi connectivity index (χ3v) is 7.09. The summed E-state index contributed by atoms with van der Waals surface area (Å²) >= 11 is 0.0938. The van der Waals surface area contributed by atoms with Crippen LogP contribution < -0.4 is 5.26 Å². The van der Waals surface area contributed by atoms with Gasteiger partial charge in [0.2, 0.25) is 0 Å². The lowest BCUT2D eigenvalue weighted by molar-refractivity contribution is -0.777. The Morgan fingerprint density at radius 1 is 1.27 bits per heavy atom. The number of halogens is 1. The zero-order chi connectivity index (χ0) is 18.8. The highest BCUT2D eigenvalue weighted by atomic mass is 32.2. The van der Waals surface area contributed by atoms with Crippen LogP contribution in [0.2, 0.25) is 0 Å². The van der Waals surface area contributed by atoms with Crippen LogP contribution in [0.1, 0.15) is 71.1 Å². The lowest BCUT2D eigenvalue weighted by atomic mass is 9.53. The van der Waals surface area contributed by atoms with E-state index in [0.717, 1.165) is 38.5 Å². The van der Waals surface area contributed by atoms with Crippen molar-refractivity contribution < 1.29 is 33.7 Å². The first-order valence-corrected chi connectivity index (χ1v) is 10.4. The Morgan fingerprint density at radius 2 is 1.96 bits per heavy atom. The molecule has 0 radical (unpaired) electrons. The van der Waals surface area contributed by atoms with Crippen molar-refractivity contribution in [3.05, 3.63) is 0 Å². The Balaban J connectivity index is 1.65. The van der Waals surface area contributed by atoms with Crippen molar-refractivity contribution >= 4 is 18.0 Å². The minimum Gasteiger partial charge on any atom is -0.691 e. The van der Waals surface area contributed by atoms with Crippen molar-refractivity contribution in [2.45, 2.75) is 87.8 Å². The SMILES string of the molecule is CCCCCCC(F)(SOO[O-])C(=O)OC12CC3CC(C1)C(O)C(C3)C2. The van der Waals surface area contributed by atoms with Crippen molar-refractivity contribution in [1.82, 2.24) is 0 Å². The van der Waals surface area contributed by atoms with E-state index >= 15 is 4.39 Å². The molecule has 4 aliphatic carbocycles. The van der Waals surface area contributed by atoms with Crippen LogP contribution >= 0.6 is 12.0 Å². The topological polar surface area (TPSA) is 88.0 Å². The Bertz CT molecular complexity index is 490. The highest BCUT2D eigenvalue weighted by Crippen LogP contribution is 2.57. The monoisotopic (exact) mass is 391 g/mol. The number of alkyl halides is 1. The van der Waals surface area contributed by atoms with E-state index in [9.17, 15) is 15.2 Å². The molecule has 0 aromatic heterocycles. The molecule has 0 amide bonds. The Hall–Kier alpha value is -0.410. The minimum absolute atomic E-state index is 0.0884. The maximum absolute atomic E-state index is 15.3. The largest absolute Gasteiger partial charge is 0.691 e. The van der Waals surface area contributed by atoms with Gasteiger partial charge in [-0.15, -0.1) is 0 Å². The van der Waals surface area contributed by atoms with E-state index in [2.05, 4.69) is 9.37 Å². The van der Waals surface area contributed by atoms with Gasteiger partial charge in [0.15, 0.2) is 0 Å². The lowest BCUT2D eigenvalue weighted by Crippen LogP contribution is -2.59. The highest BCUT2D eigenvalue weighted by molar-refractivity contribution is 7.96. The molecule has 26 heavy (non-hydrogen) atoms. The van der Waals surface area contributed by atoms with Crippen LogP contribution in [0.5, 0.6) is 0 Å². The number of hydrogen-bond acceptors (Lipinski definition) is 7. The van der Waals surface area contributed by atoms with E-state index < -0.39 is 16.6 Å². The number of esters is 1. The van der Waals surface area contributed by atoms with E-state index in [1.165, 1.54) is 0 Å². The fourth-order valence-corrected chi connectivity index (χ4v) is 5.82. The number of carbonyl (C=O) groups is 1. The molecule has 4 saturated carbocycles. The van der Waals surface area contributed by atoms with Crippen molar-refractivity contribution in [2.75, 3.05) is 0 Å². The second-order valence-corrected chi connectivity index (χ2v) is 9.24. The third-order valence-electron chi connectivity index (χ3n) is 6.33. The summed E-state index contributed by atoms with van der Waals surface area (Å²) in [5.74, 6) is -0.313. The molecule has 150 valence electrons. The molecule has 3 unspecified atom stereocenters. The molecule has 0 saturated heterocycles. The van der Waals surface area contributed by atoms with Crippen LogP contribution in [-0.2, 0) is 18.9 Å². The molecule has 3 atom stereocenters. The van der Waals surface area contributed by atoms with Crippen LogP contribution in [0.25, 0.3) is 0 Å². The number of carbonyl (C=O) groups excluding carboxylic acids is 1. The summed E-state index contributed by atoms with van der Waals surface area (Å²) in [6.07, 6.45) is 6.61. The average molecular weight is 391 g/mol. The second kappa shape index (κ2) is 8.31. The Morgan fingerprint density at radius 3 is 2.58 bits per heavy atom. The van der Waals surface area contributed by atoms with Crippen molar-refractivity contribution in [3.63, 3.8) is 0 Å². The fraction of sp³-hybridized carbons (Fsp3) is 0.944. The van der Waals surface area contributed by atoms with Gasteiger partial charge in [-0.2, -0.15) is 4.33 Å². The van der Waals surface area contributed by atoms with Crippen LogP contribution in [0, 0.1) is 17.8 Å². The Labute approximate surface area is 157 Å². The van der Waals surface area contributed by atoms with Crippen LogP contribution in [0.4, 0.5) is 4.39 Å². The molecule has 1 N–H and O–H groups in total. The molecular weight excluding hydrogens is 363 g/mol. The molecule has 8 heteroatoms. The van der Waals surface area contributed by atoms with Crippen molar-refractivity contribution in [2.24, 2.45) is 17.8 Å². The van der Waals surface area contributed by atoms with Crippen molar-refractivity contribution in [1.29, 1.82) is 0 Å². The molecule has 0 aromatic rings.